The largest absolute Gasteiger partial charge is 0.361 e. The average Bonchev–Trinajstić information content (AvgIpc) is 1.85. The normalized spacial score (nSPS) is 8.10. The van der Waals surface area contributed by atoms with Crippen LogP contribution in [0.25, 0.3) is 5.53 Å². The summed E-state index contributed by atoms with van der Waals surface area (Å²) in [6.45, 7) is 1.37. The molecule has 5 heteroatoms. The minimum atomic E-state index is -0.372. The van der Waals surface area contributed by atoms with Crippen molar-refractivity contribution in [3.63, 3.8) is 0 Å². The second-order valence-corrected chi connectivity index (χ2v) is 2.64. The van der Waals surface area contributed by atoms with Gasteiger partial charge in [0.05, 0.1) is 5.75 Å². The fourth-order valence-corrected chi connectivity index (χ4v) is 0.694. The Kier molecular flexibility index (Phi) is 4.45. The SMILES string of the molecule is CC(=O)SCC(=O)C=[N+]=[N-]. The van der Waals surface area contributed by atoms with Gasteiger partial charge < -0.3 is 5.53 Å². The van der Waals surface area contributed by atoms with Crippen molar-refractivity contribution in [1.82, 2.24) is 0 Å². The minimum Gasteiger partial charge on any atom is -0.361 e. The highest BCUT2D eigenvalue weighted by molar-refractivity contribution is 8.14. The summed E-state index contributed by atoms with van der Waals surface area (Å²) in [4.78, 5) is 23.2. The highest BCUT2D eigenvalue weighted by Crippen LogP contribution is 1.98. The first-order valence-electron chi connectivity index (χ1n) is 2.50. The summed E-state index contributed by atoms with van der Waals surface area (Å²) in [5, 5.41) is -0.125. The van der Waals surface area contributed by atoms with Crippen molar-refractivity contribution in [2.45, 2.75) is 6.92 Å². The highest BCUT2D eigenvalue weighted by Gasteiger charge is 2.03. The number of hydrogen-bond acceptors (Lipinski definition) is 3. The minimum absolute atomic E-state index is 0.0411. The maximum atomic E-state index is 10.5. The summed E-state index contributed by atoms with van der Waals surface area (Å²) in [5.74, 6) is -0.331. The van der Waals surface area contributed by atoms with Crippen LogP contribution in [0.1, 0.15) is 6.92 Å². The maximum absolute atomic E-state index is 10.5. The lowest BCUT2D eigenvalue weighted by Gasteiger charge is -1.85. The van der Waals surface area contributed by atoms with E-state index in [0.717, 1.165) is 18.0 Å². The molecular formula is C5H6N2O2S. The van der Waals surface area contributed by atoms with Crippen LogP contribution in [0.3, 0.4) is 0 Å². The van der Waals surface area contributed by atoms with Crippen LogP contribution in [0.2, 0.25) is 0 Å². The van der Waals surface area contributed by atoms with Crippen molar-refractivity contribution < 1.29 is 14.4 Å². The van der Waals surface area contributed by atoms with Gasteiger partial charge >= 0.3 is 6.21 Å². The van der Waals surface area contributed by atoms with E-state index in [1.807, 2.05) is 0 Å². The molecule has 0 aliphatic rings. The molecule has 0 unspecified atom stereocenters. The van der Waals surface area contributed by atoms with E-state index >= 15 is 0 Å². The van der Waals surface area contributed by atoms with Crippen molar-refractivity contribution in [3.8, 4) is 0 Å². The zero-order valence-electron chi connectivity index (χ0n) is 5.40. The summed E-state index contributed by atoms with van der Waals surface area (Å²) in [6, 6.07) is 0. The number of thioether (sulfide) groups is 1. The average molecular weight is 158 g/mol. The Balaban J connectivity index is 3.60. The Morgan fingerprint density at radius 3 is 2.70 bits per heavy atom. The molecule has 0 saturated heterocycles. The van der Waals surface area contributed by atoms with Gasteiger partial charge in [0.1, 0.15) is 0 Å². The molecule has 0 rings (SSSR count). The Morgan fingerprint density at radius 1 is 1.70 bits per heavy atom. The van der Waals surface area contributed by atoms with E-state index in [1.165, 1.54) is 6.92 Å². The Morgan fingerprint density at radius 2 is 2.30 bits per heavy atom. The number of rotatable bonds is 3. The number of carbonyl (C=O) groups excluding carboxylic acids is 2. The number of hydrogen-bond donors (Lipinski definition) is 0. The van der Waals surface area contributed by atoms with Gasteiger partial charge in [-0.2, -0.15) is 4.79 Å². The number of Topliss-reactive ketones (excluding diaryl/α,β-unsaturated/α-hetero) is 1. The molecule has 0 heterocycles. The molecule has 0 radical (unpaired) electrons. The molecular weight excluding hydrogens is 152 g/mol. The zero-order chi connectivity index (χ0) is 7.98. The van der Waals surface area contributed by atoms with Gasteiger partial charge in [-0.15, -0.1) is 0 Å². The van der Waals surface area contributed by atoms with E-state index in [4.69, 9.17) is 5.53 Å². The topological polar surface area (TPSA) is 70.5 Å². The third-order valence-corrected chi connectivity index (χ3v) is 1.45. The monoisotopic (exact) mass is 158 g/mol. The molecule has 0 aliphatic heterocycles. The predicted molar refractivity (Wildman–Crippen MR) is 37.8 cm³/mol. The fraction of sp³-hybridized carbons (Fsp3) is 0.400. The smallest absolute Gasteiger partial charge is 0.324 e. The standard InChI is InChI=1S/C5H6N2O2S/c1-4(8)10-3-5(9)2-7-6/h2H,3H2,1H3. The maximum Gasteiger partial charge on any atom is 0.324 e. The van der Waals surface area contributed by atoms with E-state index < -0.39 is 0 Å². The van der Waals surface area contributed by atoms with Gasteiger partial charge in [0, 0.05) is 6.92 Å². The molecule has 4 nitrogen and oxygen atoms in total. The van der Waals surface area contributed by atoms with Crippen LogP contribution in [-0.4, -0.2) is 27.7 Å². The number of carbonyl (C=O) groups is 2. The van der Waals surface area contributed by atoms with Crippen LogP contribution < -0.4 is 0 Å². The second kappa shape index (κ2) is 4.90. The van der Waals surface area contributed by atoms with Crippen LogP contribution in [0, 0.1) is 0 Å². The summed E-state index contributed by atoms with van der Waals surface area (Å²) in [6.07, 6.45) is 0.774. The van der Waals surface area contributed by atoms with Crippen LogP contribution >= 0.6 is 11.8 Å². The molecule has 0 atom stereocenters. The Bertz CT molecular complexity index is 196. The first-order chi connectivity index (χ1) is 4.66. The molecule has 0 bridgehead atoms. The molecule has 0 saturated carbocycles. The summed E-state index contributed by atoms with van der Waals surface area (Å²) < 4.78 is 0. The quantitative estimate of drug-likeness (QED) is 0.333. The van der Waals surface area contributed by atoms with E-state index in [1.54, 1.807) is 0 Å². The van der Waals surface area contributed by atoms with Crippen LogP contribution in [-0.2, 0) is 9.59 Å². The molecule has 0 aromatic carbocycles. The third kappa shape index (κ3) is 5.21. The summed E-state index contributed by atoms with van der Waals surface area (Å²) >= 11 is 0.889. The molecule has 10 heavy (non-hydrogen) atoms. The second-order valence-electron chi connectivity index (χ2n) is 1.49. The molecule has 54 valence electrons. The van der Waals surface area contributed by atoms with Gasteiger partial charge in [-0.25, -0.2) is 0 Å². The van der Waals surface area contributed by atoms with E-state index in [2.05, 4.69) is 4.79 Å². The first kappa shape index (κ1) is 9.07. The van der Waals surface area contributed by atoms with Crippen molar-refractivity contribution in [3.05, 3.63) is 5.53 Å². The molecule has 0 aromatic rings. The molecule has 0 amide bonds. The van der Waals surface area contributed by atoms with Gasteiger partial charge in [0.15, 0.2) is 5.12 Å². The number of ketones is 1. The number of nitrogens with zero attached hydrogens (tertiary/aromatic N) is 2. The van der Waals surface area contributed by atoms with Gasteiger partial charge in [-0.05, 0) is 0 Å². The van der Waals surface area contributed by atoms with Crippen molar-refractivity contribution in [2.24, 2.45) is 0 Å². The van der Waals surface area contributed by atoms with Crippen LogP contribution in [0.5, 0.6) is 0 Å². The van der Waals surface area contributed by atoms with Crippen molar-refractivity contribution >= 4 is 28.9 Å². The van der Waals surface area contributed by atoms with E-state index in [9.17, 15) is 9.59 Å². The van der Waals surface area contributed by atoms with Crippen molar-refractivity contribution in [2.75, 3.05) is 5.75 Å². The molecule has 0 aromatic heterocycles. The van der Waals surface area contributed by atoms with Gasteiger partial charge in [-0.1, -0.05) is 11.8 Å². The molecule has 0 spiro atoms. The lowest BCUT2D eigenvalue weighted by atomic mass is 10.5. The first-order valence-corrected chi connectivity index (χ1v) is 3.49. The summed E-state index contributed by atoms with van der Waals surface area (Å²) in [7, 11) is 0. The predicted octanol–water partition coefficient (Wildman–Crippen LogP) is 0.136. The van der Waals surface area contributed by atoms with Gasteiger partial charge in [0.2, 0.25) is 5.78 Å². The molecule has 0 fully saturated rings. The third-order valence-electron chi connectivity index (χ3n) is 0.619. The molecule has 0 aliphatic carbocycles. The Hall–Kier alpha value is -0.930. The van der Waals surface area contributed by atoms with Gasteiger partial charge in [-0.3, -0.25) is 9.59 Å². The lowest BCUT2D eigenvalue weighted by Crippen LogP contribution is -2.04. The highest BCUT2D eigenvalue weighted by atomic mass is 32.2. The molecule has 0 N–H and O–H groups in total. The van der Waals surface area contributed by atoms with Crippen molar-refractivity contribution in [1.29, 1.82) is 0 Å². The van der Waals surface area contributed by atoms with Crippen LogP contribution in [0.4, 0.5) is 0 Å². The summed E-state index contributed by atoms with van der Waals surface area (Å²) in [5.41, 5.74) is 7.86. The Labute approximate surface area is 62.2 Å². The van der Waals surface area contributed by atoms with Crippen LogP contribution in [0.15, 0.2) is 0 Å². The fourth-order valence-electron chi connectivity index (χ4n) is 0.274. The van der Waals surface area contributed by atoms with Gasteiger partial charge in [0.25, 0.3) is 0 Å². The zero-order valence-corrected chi connectivity index (χ0v) is 6.22. The van der Waals surface area contributed by atoms with E-state index in [-0.39, 0.29) is 16.7 Å². The lowest BCUT2D eigenvalue weighted by molar-refractivity contribution is -0.114. The van der Waals surface area contributed by atoms with E-state index in [0.29, 0.717) is 0 Å².